The summed E-state index contributed by atoms with van der Waals surface area (Å²) in [5.74, 6) is -1.15. The fraction of sp³-hybridized carbons (Fsp3) is 0.667. The van der Waals surface area contributed by atoms with E-state index in [4.69, 9.17) is 9.84 Å². The smallest absolute Gasteiger partial charge is 0.330 e. The van der Waals surface area contributed by atoms with E-state index >= 15 is 0 Å². The Hall–Kier alpha value is -1.40. The lowest BCUT2D eigenvalue weighted by Crippen LogP contribution is -2.46. The van der Waals surface area contributed by atoms with E-state index in [1.807, 2.05) is 0 Å². The maximum Gasteiger partial charge on any atom is 0.330 e. The van der Waals surface area contributed by atoms with E-state index in [0.29, 0.717) is 6.42 Å². The quantitative estimate of drug-likeness (QED) is 0.313. The van der Waals surface area contributed by atoms with E-state index in [9.17, 15) is 14.7 Å². The summed E-state index contributed by atoms with van der Waals surface area (Å²) < 4.78 is 4.82. The van der Waals surface area contributed by atoms with Crippen LogP contribution in [0.3, 0.4) is 0 Å². The summed E-state index contributed by atoms with van der Waals surface area (Å²) in [5.41, 5.74) is -0.901. The van der Waals surface area contributed by atoms with Crippen molar-refractivity contribution >= 4 is 11.9 Å². The van der Waals surface area contributed by atoms with Crippen molar-refractivity contribution in [2.24, 2.45) is 5.41 Å². The van der Waals surface area contributed by atoms with Gasteiger partial charge in [-0.05, 0) is 6.42 Å². The van der Waals surface area contributed by atoms with Crippen LogP contribution in [0.1, 0.15) is 20.3 Å². The van der Waals surface area contributed by atoms with Crippen molar-refractivity contribution < 1.29 is 24.5 Å². The van der Waals surface area contributed by atoms with Crippen molar-refractivity contribution in [1.82, 2.24) is 5.32 Å². The van der Waals surface area contributed by atoms with Gasteiger partial charge in [0.25, 0.3) is 0 Å². The van der Waals surface area contributed by atoms with E-state index in [2.05, 4.69) is 11.9 Å². The Bertz CT molecular complexity index is 301. The monoisotopic (exact) mass is 259 g/mol. The lowest BCUT2D eigenvalue weighted by atomic mass is 9.87. The zero-order valence-corrected chi connectivity index (χ0v) is 10.8. The minimum absolute atomic E-state index is 0.0310. The molecule has 6 nitrogen and oxygen atoms in total. The van der Waals surface area contributed by atoms with E-state index in [1.165, 1.54) is 0 Å². The summed E-state index contributed by atoms with van der Waals surface area (Å²) >= 11 is 0. The topological polar surface area (TPSA) is 95.9 Å². The average Bonchev–Trinajstić information content (AvgIpc) is 2.35. The molecule has 3 N–H and O–H groups in total. The van der Waals surface area contributed by atoms with Gasteiger partial charge in [-0.1, -0.05) is 20.4 Å². The number of amides is 1. The number of rotatable bonds is 8. The molecule has 0 rings (SSSR count). The molecular weight excluding hydrogens is 238 g/mol. The lowest BCUT2D eigenvalue weighted by molar-refractivity contribution is -0.149. The third-order valence-electron chi connectivity index (χ3n) is 2.38. The summed E-state index contributed by atoms with van der Waals surface area (Å²) in [5, 5.41) is 20.9. The fourth-order valence-corrected chi connectivity index (χ4v) is 1.14. The minimum Gasteiger partial charge on any atom is -0.462 e. The molecule has 0 spiro atoms. The van der Waals surface area contributed by atoms with Crippen molar-refractivity contribution in [2.75, 3.05) is 19.8 Å². The SMILES string of the molecule is C=CC(=O)OCC(C)(C)C(O)C(=O)NCCCO. The molecule has 104 valence electrons. The van der Waals surface area contributed by atoms with Gasteiger partial charge in [-0.2, -0.15) is 0 Å². The highest BCUT2D eigenvalue weighted by Gasteiger charge is 2.34. The van der Waals surface area contributed by atoms with Crippen LogP contribution < -0.4 is 5.32 Å². The number of hydrogen-bond donors (Lipinski definition) is 3. The molecule has 6 heteroatoms. The van der Waals surface area contributed by atoms with Gasteiger partial charge >= 0.3 is 5.97 Å². The second-order valence-electron chi connectivity index (χ2n) is 4.57. The number of aliphatic hydroxyl groups is 2. The number of esters is 1. The Morgan fingerprint density at radius 1 is 1.50 bits per heavy atom. The van der Waals surface area contributed by atoms with Gasteiger partial charge in [-0.3, -0.25) is 4.79 Å². The van der Waals surface area contributed by atoms with Crippen LogP contribution in [0, 0.1) is 5.41 Å². The normalized spacial score (nSPS) is 12.7. The molecule has 0 aromatic rings. The zero-order chi connectivity index (χ0) is 14.2. The molecule has 0 aromatic heterocycles. The van der Waals surface area contributed by atoms with Gasteiger partial charge in [-0.15, -0.1) is 0 Å². The first-order valence-corrected chi connectivity index (χ1v) is 5.71. The van der Waals surface area contributed by atoms with Crippen molar-refractivity contribution in [3.8, 4) is 0 Å². The third-order valence-corrected chi connectivity index (χ3v) is 2.38. The molecule has 0 aliphatic carbocycles. The van der Waals surface area contributed by atoms with Crippen LogP contribution in [0.15, 0.2) is 12.7 Å². The Kier molecular flexibility index (Phi) is 7.23. The molecule has 0 aliphatic rings. The summed E-state index contributed by atoms with van der Waals surface area (Å²) in [4.78, 5) is 22.5. The van der Waals surface area contributed by atoms with E-state index in [0.717, 1.165) is 6.08 Å². The largest absolute Gasteiger partial charge is 0.462 e. The maximum absolute atomic E-state index is 11.6. The highest BCUT2D eigenvalue weighted by atomic mass is 16.5. The highest BCUT2D eigenvalue weighted by Crippen LogP contribution is 2.21. The number of carbonyl (C=O) groups is 2. The molecule has 1 amide bonds. The molecule has 0 aromatic carbocycles. The maximum atomic E-state index is 11.6. The molecule has 0 heterocycles. The van der Waals surface area contributed by atoms with Crippen molar-refractivity contribution in [3.63, 3.8) is 0 Å². The second-order valence-corrected chi connectivity index (χ2v) is 4.57. The minimum atomic E-state index is -1.30. The summed E-state index contributed by atoms with van der Waals surface area (Å²) in [6.07, 6.45) is 0.141. The number of nitrogens with one attached hydrogen (secondary N) is 1. The lowest BCUT2D eigenvalue weighted by Gasteiger charge is -2.28. The Balaban J connectivity index is 4.26. The number of hydrogen-bond acceptors (Lipinski definition) is 5. The van der Waals surface area contributed by atoms with Crippen LogP contribution >= 0.6 is 0 Å². The predicted octanol–water partition coefficient (Wildman–Crippen LogP) is -0.399. The Labute approximate surface area is 107 Å². The number of carbonyl (C=O) groups excluding carboxylic acids is 2. The first-order chi connectivity index (χ1) is 8.35. The van der Waals surface area contributed by atoms with Gasteiger partial charge in [0.1, 0.15) is 6.10 Å². The molecule has 0 saturated heterocycles. The van der Waals surface area contributed by atoms with Gasteiger partial charge in [0.15, 0.2) is 0 Å². The molecular formula is C12H21NO5. The van der Waals surface area contributed by atoms with E-state index < -0.39 is 23.4 Å². The molecule has 1 unspecified atom stereocenters. The summed E-state index contributed by atoms with van der Waals surface area (Å²) in [6.45, 7) is 6.64. The van der Waals surface area contributed by atoms with Crippen LogP contribution in [0.2, 0.25) is 0 Å². The zero-order valence-electron chi connectivity index (χ0n) is 10.8. The number of aliphatic hydroxyl groups excluding tert-OH is 2. The first-order valence-electron chi connectivity index (χ1n) is 5.71. The molecule has 0 aliphatic heterocycles. The standard InChI is InChI=1S/C12H21NO5/c1-4-9(15)18-8-12(2,3)10(16)11(17)13-6-5-7-14/h4,10,14,16H,1,5-8H2,2-3H3,(H,13,17). The van der Waals surface area contributed by atoms with Gasteiger partial charge < -0.3 is 20.3 Å². The Morgan fingerprint density at radius 3 is 2.61 bits per heavy atom. The molecule has 0 fully saturated rings. The van der Waals surface area contributed by atoms with Gasteiger partial charge in [0, 0.05) is 24.6 Å². The van der Waals surface area contributed by atoms with Crippen molar-refractivity contribution in [1.29, 1.82) is 0 Å². The number of ether oxygens (including phenoxy) is 1. The van der Waals surface area contributed by atoms with Gasteiger partial charge in [0.05, 0.1) is 6.61 Å². The predicted molar refractivity (Wildman–Crippen MR) is 65.7 cm³/mol. The van der Waals surface area contributed by atoms with Gasteiger partial charge in [-0.25, -0.2) is 4.79 Å². The van der Waals surface area contributed by atoms with Crippen LogP contribution in [0.5, 0.6) is 0 Å². The van der Waals surface area contributed by atoms with Crippen LogP contribution in [0.4, 0.5) is 0 Å². The molecule has 18 heavy (non-hydrogen) atoms. The third kappa shape index (κ3) is 5.79. The summed E-state index contributed by atoms with van der Waals surface area (Å²) in [7, 11) is 0. The highest BCUT2D eigenvalue weighted by molar-refractivity contribution is 5.82. The average molecular weight is 259 g/mol. The first kappa shape index (κ1) is 16.6. The summed E-state index contributed by atoms with van der Waals surface area (Å²) in [6, 6.07) is 0. The van der Waals surface area contributed by atoms with E-state index in [-0.39, 0.29) is 19.8 Å². The second kappa shape index (κ2) is 7.84. The molecule has 0 radical (unpaired) electrons. The van der Waals surface area contributed by atoms with Crippen LogP contribution in [0.25, 0.3) is 0 Å². The Morgan fingerprint density at radius 2 is 2.11 bits per heavy atom. The fourth-order valence-electron chi connectivity index (χ4n) is 1.14. The van der Waals surface area contributed by atoms with Gasteiger partial charge in [0.2, 0.25) is 5.91 Å². The van der Waals surface area contributed by atoms with Crippen LogP contribution in [-0.4, -0.2) is 48.0 Å². The van der Waals surface area contributed by atoms with Crippen molar-refractivity contribution in [2.45, 2.75) is 26.4 Å². The van der Waals surface area contributed by atoms with Crippen molar-refractivity contribution in [3.05, 3.63) is 12.7 Å². The van der Waals surface area contributed by atoms with E-state index in [1.54, 1.807) is 13.8 Å². The molecule has 1 atom stereocenters. The molecule has 0 bridgehead atoms. The van der Waals surface area contributed by atoms with Crippen LogP contribution in [-0.2, 0) is 14.3 Å². The molecule has 0 saturated carbocycles.